The van der Waals surface area contributed by atoms with Gasteiger partial charge in [0.25, 0.3) is 0 Å². The number of ether oxygens (including phenoxy) is 1. The molecule has 0 rings (SSSR count). The summed E-state index contributed by atoms with van der Waals surface area (Å²) < 4.78 is 5.57. The molecule has 0 radical (unpaired) electrons. The zero-order chi connectivity index (χ0) is 14.3. The summed E-state index contributed by atoms with van der Waals surface area (Å²) in [4.78, 5) is 11.2. The first-order valence-corrected chi connectivity index (χ1v) is 9.25. The van der Waals surface area contributed by atoms with Crippen LogP contribution in [-0.4, -0.2) is 16.5 Å². The minimum Gasteiger partial charge on any atom is -0.466 e. The van der Waals surface area contributed by atoms with E-state index in [1.165, 1.54) is 57.8 Å². The van der Waals surface area contributed by atoms with E-state index in [1.807, 2.05) is 6.92 Å². The van der Waals surface area contributed by atoms with Gasteiger partial charge >= 0.3 is 5.97 Å². The van der Waals surface area contributed by atoms with Crippen molar-refractivity contribution in [1.29, 1.82) is 0 Å². The Kier molecular flexibility index (Phi) is 14.8. The first-order valence-electron chi connectivity index (χ1n) is 8.00. The molecule has 0 fully saturated rings. The highest BCUT2D eigenvalue weighted by atomic mass is 127. The van der Waals surface area contributed by atoms with Gasteiger partial charge in [-0.15, -0.1) is 0 Å². The number of rotatable bonds is 13. The number of carbonyl (C=O) groups excluding carboxylic acids is 1. The largest absolute Gasteiger partial charge is 0.466 e. The predicted octanol–water partition coefficient (Wildman–Crippen LogP) is 5.66. The fourth-order valence-electron chi connectivity index (χ4n) is 2.15. The van der Waals surface area contributed by atoms with Crippen LogP contribution in [0.3, 0.4) is 0 Å². The summed E-state index contributed by atoms with van der Waals surface area (Å²) >= 11 is 2.47. The molecule has 19 heavy (non-hydrogen) atoms. The molecule has 0 aliphatic carbocycles. The van der Waals surface area contributed by atoms with Gasteiger partial charge in [-0.05, 0) is 19.8 Å². The molecule has 0 saturated carbocycles. The minimum atomic E-state index is -0.0416. The SMILES string of the molecule is CCCCCCCCCCC(I)CCC(=O)OCC. The summed E-state index contributed by atoms with van der Waals surface area (Å²) in [5.74, 6) is -0.0416. The third-order valence-electron chi connectivity index (χ3n) is 3.34. The number of esters is 1. The van der Waals surface area contributed by atoms with Crippen LogP contribution in [0, 0.1) is 0 Å². The Morgan fingerprint density at radius 1 is 0.947 bits per heavy atom. The second kappa shape index (κ2) is 14.6. The Balaban J connectivity index is 3.24. The van der Waals surface area contributed by atoms with Crippen LogP contribution < -0.4 is 0 Å². The van der Waals surface area contributed by atoms with Gasteiger partial charge in [-0.2, -0.15) is 0 Å². The normalized spacial score (nSPS) is 12.4. The van der Waals surface area contributed by atoms with Crippen LogP contribution in [0.25, 0.3) is 0 Å². The standard InChI is InChI=1S/C16H31IO2/c1-3-5-6-7-8-9-10-11-12-15(17)13-14-16(18)19-4-2/h15H,3-14H2,1-2H3. The summed E-state index contributed by atoms with van der Waals surface area (Å²) in [5.41, 5.74) is 0. The van der Waals surface area contributed by atoms with Gasteiger partial charge in [-0.1, -0.05) is 80.9 Å². The van der Waals surface area contributed by atoms with Gasteiger partial charge in [-0.3, -0.25) is 4.79 Å². The van der Waals surface area contributed by atoms with E-state index in [2.05, 4.69) is 29.5 Å². The Labute approximate surface area is 133 Å². The molecule has 2 nitrogen and oxygen atoms in total. The minimum absolute atomic E-state index is 0.0416. The Bertz CT molecular complexity index is 207. The monoisotopic (exact) mass is 382 g/mol. The van der Waals surface area contributed by atoms with E-state index in [4.69, 9.17) is 4.74 Å². The number of hydrogen-bond acceptors (Lipinski definition) is 2. The zero-order valence-corrected chi connectivity index (χ0v) is 14.9. The highest BCUT2D eigenvalue weighted by molar-refractivity contribution is 14.1. The van der Waals surface area contributed by atoms with E-state index in [9.17, 15) is 4.79 Å². The lowest BCUT2D eigenvalue weighted by molar-refractivity contribution is -0.143. The molecule has 0 aromatic rings. The van der Waals surface area contributed by atoms with Gasteiger partial charge in [0.2, 0.25) is 0 Å². The third-order valence-corrected chi connectivity index (χ3v) is 4.58. The average molecular weight is 382 g/mol. The van der Waals surface area contributed by atoms with E-state index >= 15 is 0 Å². The van der Waals surface area contributed by atoms with Crippen molar-refractivity contribution < 1.29 is 9.53 Å². The molecule has 1 unspecified atom stereocenters. The molecule has 0 aromatic carbocycles. The maximum Gasteiger partial charge on any atom is 0.305 e. The molecule has 0 amide bonds. The smallest absolute Gasteiger partial charge is 0.305 e. The first-order chi connectivity index (χ1) is 9.20. The van der Waals surface area contributed by atoms with E-state index in [-0.39, 0.29) is 5.97 Å². The van der Waals surface area contributed by atoms with Crippen molar-refractivity contribution in [3.05, 3.63) is 0 Å². The molecule has 0 bridgehead atoms. The fourth-order valence-corrected chi connectivity index (χ4v) is 2.90. The third kappa shape index (κ3) is 14.4. The molecule has 0 saturated heterocycles. The summed E-state index contributed by atoms with van der Waals surface area (Å²) in [5, 5.41) is 0. The van der Waals surface area contributed by atoms with Crippen molar-refractivity contribution >= 4 is 28.6 Å². The predicted molar refractivity (Wildman–Crippen MR) is 90.9 cm³/mol. The van der Waals surface area contributed by atoms with Crippen LogP contribution in [-0.2, 0) is 9.53 Å². The van der Waals surface area contributed by atoms with Crippen molar-refractivity contribution in [3.8, 4) is 0 Å². The van der Waals surface area contributed by atoms with Gasteiger partial charge in [0.05, 0.1) is 6.61 Å². The van der Waals surface area contributed by atoms with Crippen molar-refractivity contribution in [2.75, 3.05) is 6.61 Å². The molecular formula is C16H31IO2. The Hall–Kier alpha value is 0.200. The summed E-state index contributed by atoms with van der Waals surface area (Å²) in [6, 6.07) is 0. The quantitative estimate of drug-likeness (QED) is 0.178. The topological polar surface area (TPSA) is 26.3 Å². The van der Waals surface area contributed by atoms with E-state index < -0.39 is 0 Å². The van der Waals surface area contributed by atoms with Crippen LogP contribution in [0.5, 0.6) is 0 Å². The van der Waals surface area contributed by atoms with Crippen molar-refractivity contribution in [3.63, 3.8) is 0 Å². The van der Waals surface area contributed by atoms with Crippen LogP contribution >= 0.6 is 22.6 Å². The zero-order valence-electron chi connectivity index (χ0n) is 12.8. The summed E-state index contributed by atoms with van der Waals surface area (Å²) in [7, 11) is 0. The highest BCUT2D eigenvalue weighted by Crippen LogP contribution is 2.18. The Morgan fingerprint density at radius 3 is 2.11 bits per heavy atom. The van der Waals surface area contributed by atoms with Crippen molar-refractivity contribution in [2.24, 2.45) is 0 Å². The Morgan fingerprint density at radius 2 is 1.53 bits per heavy atom. The lowest BCUT2D eigenvalue weighted by atomic mass is 10.1. The summed E-state index contributed by atoms with van der Waals surface area (Å²) in [6.07, 6.45) is 13.8. The molecule has 0 aliphatic rings. The highest BCUT2D eigenvalue weighted by Gasteiger charge is 2.08. The second-order valence-corrected chi connectivity index (χ2v) is 6.97. The summed E-state index contributed by atoms with van der Waals surface area (Å²) in [6.45, 7) is 4.62. The lowest BCUT2D eigenvalue weighted by Gasteiger charge is -2.09. The number of unbranched alkanes of at least 4 members (excludes halogenated alkanes) is 7. The van der Waals surface area contributed by atoms with Gasteiger partial charge < -0.3 is 4.74 Å². The molecule has 0 aromatic heterocycles. The van der Waals surface area contributed by atoms with E-state index in [0.29, 0.717) is 17.0 Å². The van der Waals surface area contributed by atoms with Gasteiger partial charge in [0, 0.05) is 10.3 Å². The van der Waals surface area contributed by atoms with Gasteiger partial charge in [-0.25, -0.2) is 0 Å². The molecule has 0 spiro atoms. The number of alkyl halides is 1. The van der Waals surface area contributed by atoms with Gasteiger partial charge in [0.15, 0.2) is 0 Å². The lowest BCUT2D eigenvalue weighted by Crippen LogP contribution is -2.07. The van der Waals surface area contributed by atoms with E-state index in [0.717, 1.165) is 6.42 Å². The number of halogens is 1. The van der Waals surface area contributed by atoms with Crippen molar-refractivity contribution in [1.82, 2.24) is 0 Å². The number of carbonyl (C=O) groups is 1. The number of hydrogen-bond donors (Lipinski definition) is 0. The maximum absolute atomic E-state index is 11.2. The second-order valence-electron chi connectivity index (χ2n) is 5.20. The van der Waals surface area contributed by atoms with Crippen LogP contribution in [0.1, 0.15) is 84.5 Å². The molecule has 3 heteroatoms. The molecule has 0 aliphatic heterocycles. The van der Waals surface area contributed by atoms with Crippen LogP contribution in [0.15, 0.2) is 0 Å². The van der Waals surface area contributed by atoms with Gasteiger partial charge in [0.1, 0.15) is 0 Å². The molecule has 0 heterocycles. The van der Waals surface area contributed by atoms with Crippen molar-refractivity contribution in [2.45, 2.75) is 88.4 Å². The van der Waals surface area contributed by atoms with E-state index in [1.54, 1.807) is 0 Å². The molecule has 1 atom stereocenters. The molecular weight excluding hydrogens is 351 g/mol. The molecule has 114 valence electrons. The van der Waals surface area contributed by atoms with Crippen LogP contribution in [0.2, 0.25) is 0 Å². The maximum atomic E-state index is 11.2. The average Bonchev–Trinajstić information content (AvgIpc) is 2.40. The van der Waals surface area contributed by atoms with Crippen LogP contribution in [0.4, 0.5) is 0 Å². The fraction of sp³-hybridized carbons (Fsp3) is 0.938. The first kappa shape index (κ1) is 19.2. The molecule has 0 N–H and O–H groups in total.